The number of Topliss-reactive ketones (excluding diaryl/α,β-unsaturated/α-hetero) is 1. The second-order valence-corrected chi connectivity index (χ2v) is 10.5. The second kappa shape index (κ2) is 13.8. The molecule has 2 heterocycles. The van der Waals surface area contributed by atoms with E-state index in [1.807, 2.05) is 50.2 Å². The molecule has 5 rings (SSSR count). The van der Waals surface area contributed by atoms with Crippen LogP contribution in [0.1, 0.15) is 35.2 Å². The maximum atomic E-state index is 13.6. The molecule has 2 aliphatic rings. The molecule has 2 saturated heterocycles. The van der Waals surface area contributed by atoms with E-state index in [0.717, 1.165) is 24.2 Å². The first-order valence-electron chi connectivity index (χ1n) is 14.6. The number of benzene rings is 3. The summed E-state index contributed by atoms with van der Waals surface area (Å²) in [4.78, 5) is 30.8. The highest BCUT2D eigenvalue weighted by Crippen LogP contribution is 2.42. The summed E-state index contributed by atoms with van der Waals surface area (Å²) in [5, 5.41) is 11.6. The van der Waals surface area contributed by atoms with Crippen molar-refractivity contribution in [2.75, 3.05) is 53.1 Å². The third-order valence-corrected chi connectivity index (χ3v) is 7.79. The Kier molecular flexibility index (Phi) is 9.64. The minimum atomic E-state index is -0.815. The van der Waals surface area contributed by atoms with Crippen molar-refractivity contribution in [2.45, 2.75) is 26.5 Å². The fraction of sp³-hybridized carbons (Fsp3) is 0.353. The summed E-state index contributed by atoms with van der Waals surface area (Å²) < 4.78 is 22.8. The van der Waals surface area contributed by atoms with Gasteiger partial charge < -0.3 is 29.0 Å². The summed E-state index contributed by atoms with van der Waals surface area (Å²) >= 11 is 0. The lowest BCUT2D eigenvalue weighted by atomic mass is 9.94. The topological polar surface area (TPSA) is 97.8 Å². The molecule has 3 aromatic carbocycles. The molecule has 1 atom stereocenters. The van der Waals surface area contributed by atoms with Crippen molar-refractivity contribution < 1.29 is 33.6 Å². The van der Waals surface area contributed by atoms with Crippen molar-refractivity contribution >= 4 is 17.4 Å². The van der Waals surface area contributed by atoms with E-state index in [1.165, 1.54) is 0 Å². The van der Waals surface area contributed by atoms with Crippen LogP contribution in [-0.4, -0.2) is 79.7 Å². The van der Waals surface area contributed by atoms with Crippen LogP contribution < -0.4 is 14.2 Å². The third-order valence-electron chi connectivity index (χ3n) is 7.79. The number of likely N-dealkylation sites (tertiary alicyclic amines) is 1. The van der Waals surface area contributed by atoms with E-state index in [2.05, 4.69) is 4.90 Å². The number of hydrogen-bond donors (Lipinski definition) is 1. The first kappa shape index (κ1) is 30.1. The lowest BCUT2D eigenvalue weighted by molar-refractivity contribution is -0.140. The Bertz CT molecular complexity index is 1480. The van der Waals surface area contributed by atoms with Crippen LogP contribution in [0, 0.1) is 6.92 Å². The molecule has 1 unspecified atom stereocenters. The molecule has 0 radical (unpaired) electrons. The monoisotopic (exact) mass is 586 g/mol. The zero-order valence-electron chi connectivity index (χ0n) is 24.9. The Hall–Kier alpha value is -4.34. The van der Waals surface area contributed by atoms with Crippen molar-refractivity contribution in [2.24, 2.45) is 0 Å². The third kappa shape index (κ3) is 6.68. The molecule has 9 heteroatoms. The lowest BCUT2D eigenvalue weighted by Crippen LogP contribution is -2.42. The quantitative estimate of drug-likeness (QED) is 0.196. The molecule has 3 aromatic rings. The van der Waals surface area contributed by atoms with E-state index in [1.54, 1.807) is 42.3 Å². The van der Waals surface area contributed by atoms with Crippen molar-refractivity contribution in [3.63, 3.8) is 0 Å². The number of carbonyl (C=O) groups excluding carboxylic acids is 2. The van der Waals surface area contributed by atoms with Gasteiger partial charge in [-0.2, -0.15) is 0 Å². The summed E-state index contributed by atoms with van der Waals surface area (Å²) in [6, 6.07) is 19.6. The fourth-order valence-corrected chi connectivity index (χ4v) is 5.51. The molecule has 226 valence electrons. The summed E-state index contributed by atoms with van der Waals surface area (Å²) in [7, 11) is 1.55. The van der Waals surface area contributed by atoms with E-state index in [4.69, 9.17) is 18.9 Å². The Morgan fingerprint density at radius 2 is 1.67 bits per heavy atom. The van der Waals surface area contributed by atoms with Gasteiger partial charge in [-0.05, 0) is 60.9 Å². The van der Waals surface area contributed by atoms with E-state index >= 15 is 0 Å². The van der Waals surface area contributed by atoms with Crippen LogP contribution in [0.3, 0.4) is 0 Å². The van der Waals surface area contributed by atoms with Gasteiger partial charge in [0.2, 0.25) is 0 Å². The van der Waals surface area contributed by atoms with Gasteiger partial charge in [0.25, 0.3) is 11.7 Å². The van der Waals surface area contributed by atoms with E-state index in [-0.39, 0.29) is 11.3 Å². The fourth-order valence-electron chi connectivity index (χ4n) is 5.51. The van der Waals surface area contributed by atoms with Crippen LogP contribution in [0.2, 0.25) is 0 Å². The Balaban J connectivity index is 1.52. The second-order valence-electron chi connectivity index (χ2n) is 10.5. The largest absolute Gasteiger partial charge is 0.507 e. The number of hydrogen-bond acceptors (Lipinski definition) is 8. The first-order chi connectivity index (χ1) is 20.9. The number of aliphatic hydroxyl groups is 1. The van der Waals surface area contributed by atoms with Gasteiger partial charge in [-0.25, -0.2) is 0 Å². The van der Waals surface area contributed by atoms with Crippen LogP contribution in [0.15, 0.2) is 72.3 Å². The average molecular weight is 587 g/mol. The maximum Gasteiger partial charge on any atom is 0.295 e. The molecule has 0 saturated carbocycles. The predicted octanol–water partition coefficient (Wildman–Crippen LogP) is 4.74. The van der Waals surface area contributed by atoms with Crippen LogP contribution in [0.5, 0.6) is 17.2 Å². The highest BCUT2D eigenvalue weighted by molar-refractivity contribution is 6.46. The zero-order chi connectivity index (χ0) is 30.3. The number of morpholine rings is 1. The molecule has 1 N–H and O–H groups in total. The summed E-state index contributed by atoms with van der Waals surface area (Å²) in [5.41, 5.74) is 2.93. The number of rotatable bonds is 11. The Morgan fingerprint density at radius 1 is 0.930 bits per heavy atom. The number of aliphatic hydroxyl groups excluding tert-OH is 1. The van der Waals surface area contributed by atoms with Crippen molar-refractivity contribution in [3.8, 4) is 17.2 Å². The van der Waals surface area contributed by atoms with Crippen LogP contribution in [0.4, 0.5) is 0 Å². The smallest absolute Gasteiger partial charge is 0.295 e. The molecule has 0 spiro atoms. The molecule has 0 aliphatic carbocycles. The van der Waals surface area contributed by atoms with Crippen molar-refractivity contribution in [1.82, 2.24) is 9.80 Å². The highest BCUT2D eigenvalue weighted by atomic mass is 16.5. The summed E-state index contributed by atoms with van der Waals surface area (Å²) in [6.07, 6.45) is 0. The number of amides is 1. The number of carbonyl (C=O) groups is 2. The van der Waals surface area contributed by atoms with Gasteiger partial charge in [-0.15, -0.1) is 0 Å². The van der Waals surface area contributed by atoms with Gasteiger partial charge in [0, 0.05) is 31.7 Å². The first-order valence-corrected chi connectivity index (χ1v) is 14.6. The molecule has 43 heavy (non-hydrogen) atoms. The standard InChI is InChI=1S/C34H38N2O7/c1-4-42-27-12-11-26(20-23(27)2)32(37)30-31(36(34(39)33(30)38)15-14-35-16-18-41-19-17-35)25-10-13-28(29(21-25)40-3)43-22-24-8-6-5-7-9-24/h5-13,20-21,31,37H,4,14-19,22H2,1-3H3. The number of ether oxygens (including phenoxy) is 4. The van der Waals surface area contributed by atoms with Gasteiger partial charge >= 0.3 is 0 Å². The number of ketones is 1. The van der Waals surface area contributed by atoms with E-state index in [0.29, 0.717) is 67.9 Å². The van der Waals surface area contributed by atoms with Gasteiger partial charge in [-0.3, -0.25) is 14.5 Å². The van der Waals surface area contributed by atoms with Crippen molar-refractivity contribution in [3.05, 3.63) is 94.6 Å². The molecule has 2 fully saturated rings. The van der Waals surface area contributed by atoms with Gasteiger partial charge in [-0.1, -0.05) is 36.4 Å². The highest BCUT2D eigenvalue weighted by Gasteiger charge is 2.46. The minimum Gasteiger partial charge on any atom is -0.507 e. The number of aryl methyl sites for hydroxylation is 1. The normalized spacial score (nSPS) is 18.6. The Morgan fingerprint density at radius 3 is 2.37 bits per heavy atom. The maximum absolute atomic E-state index is 13.6. The number of nitrogens with zero attached hydrogens (tertiary/aromatic N) is 2. The van der Waals surface area contributed by atoms with Crippen LogP contribution >= 0.6 is 0 Å². The van der Waals surface area contributed by atoms with Gasteiger partial charge in [0.1, 0.15) is 18.1 Å². The van der Waals surface area contributed by atoms with Crippen molar-refractivity contribution in [1.29, 1.82) is 0 Å². The summed E-state index contributed by atoms with van der Waals surface area (Å²) in [5.74, 6) is 0.0842. The minimum absolute atomic E-state index is 0.0375. The average Bonchev–Trinajstić information content (AvgIpc) is 3.29. The van der Waals surface area contributed by atoms with Crippen LogP contribution in [0.25, 0.3) is 5.76 Å². The number of methoxy groups -OCH3 is 1. The Labute approximate surface area is 252 Å². The zero-order valence-corrected chi connectivity index (χ0v) is 24.9. The summed E-state index contributed by atoms with van der Waals surface area (Å²) in [6.45, 7) is 8.27. The van der Waals surface area contributed by atoms with Gasteiger partial charge in [0.05, 0.1) is 38.5 Å². The van der Waals surface area contributed by atoms with Crippen LogP contribution in [-0.2, 0) is 20.9 Å². The molecule has 1 amide bonds. The molecule has 0 bridgehead atoms. The SMILES string of the molecule is CCOc1ccc(C(O)=C2C(=O)C(=O)N(CCN3CCOCC3)C2c2ccc(OCc3ccccc3)c(OC)c2)cc1C. The predicted molar refractivity (Wildman–Crippen MR) is 162 cm³/mol. The lowest BCUT2D eigenvalue weighted by Gasteiger charge is -2.31. The van der Waals surface area contributed by atoms with E-state index in [9.17, 15) is 14.7 Å². The molecular formula is C34H38N2O7. The molecular weight excluding hydrogens is 548 g/mol. The molecule has 2 aliphatic heterocycles. The molecule has 0 aromatic heterocycles. The molecule has 9 nitrogen and oxygen atoms in total. The van der Waals surface area contributed by atoms with E-state index < -0.39 is 17.7 Å². The van der Waals surface area contributed by atoms with Gasteiger partial charge in [0.15, 0.2) is 11.5 Å².